The molecule has 3 rings (SSSR count). The van der Waals surface area contributed by atoms with Crippen LogP contribution in [0.1, 0.15) is 25.3 Å². The lowest BCUT2D eigenvalue weighted by atomic mass is 10.2. The van der Waals surface area contributed by atoms with Crippen molar-refractivity contribution >= 4 is 0 Å². The van der Waals surface area contributed by atoms with Crippen LogP contribution >= 0.6 is 0 Å². The minimum absolute atomic E-state index is 0.267. The normalized spacial score (nSPS) is 11.9. The Bertz CT molecular complexity index is 738. The van der Waals surface area contributed by atoms with E-state index in [0.717, 1.165) is 23.5 Å². The predicted molar refractivity (Wildman–Crippen MR) is 86.4 cm³/mol. The van der Waals surface area contributed by atoms with Gasteiger partial charge in [-0.15, -0.1) is 0 Å². The largest absolute Gasteiger partial charge is 0.497 e. The molecule has 1 heterocycles. The van der Waals surface area contributed by atoms with E-state index in [2.05, 4.69) is 10.1 Å². The molecule has 2 aromatic carbocycles. The van der Waals surface area contributed by atoms with Gasteiger partial charge in [0.1, 0.15) is 11.5 Å². The maximum atomic E-state index is 5.92. The van der Waals surface area contributed by atoms with Gasteiger partial charge in [-0.05, 0) is 42.8 Å². The number of hydrogen-bond donors (Lipinski definition) is 0. The summed E-state index contributed by atoms with van der Waals surface area (Å²) in [7, 11) is 1.63. The van der Waals surface area contributed by atoms with Gasteiger partial charge in [0.2, 0.25) is 5.82 Å². The smallest absolute Gasteiger partial charge is 0.268 e. The summed E-state index contributed by atoms with van der Waals surface area (Å²) in [5, 5.41) is 4.05. The zero-order valence-corrected chi connectivity index (χ0v) is 13.1. The average molecular weight is 310 g/mol. The molecule has 0 aliphatic rings. The number of ether oxygens (including phenoxy) is 2. The van der Waals surface area contributed by atoms with Gasteiger partial charge in [0.15, 0.2) is 6.10 Å². The molecule has 0 saturated carbocycles. The highest BCUT2D eigenvalue weighted by atomic mass is 16.5. The van der Waals surface area contributed by atoms with E-state index >= 15 is 0 Å². The summed E-state index contributed by atoms with van der Waals surface area (Å²) in [5.41, 5.74) is 0.871. The zero-order valence-electron chi connectivity index (χ0n) is 13.1. The van der Waals surface area contributed by atoms with Gasteiger partial charge in [-0.2, -0.15) is 4.98 Å². The minimum atomic E-state index is -0.267. The van der Waals surface area contributed by atoms with E-state index < -0.39 is 0 Å². The van der Waals surface area contributed by atoms with Crippen molar-refractivity contribution in [2.45, 2.75) is 19.4 Å². The Balaban J connectivity index is 1.78. The summed E-state index contributed by atoms with van der Waals surface area (Å²) in [6.45, 7) is 2.02. The molecule has 1 aromatic heterocycles. The second kappa shape index (κ2) is 6.96. The number of nitrogens with zero attached hydrogens (tertiary/aromatic N) is 2. The van der Waals surface area contributed by atoms with Crippen LogP contribution in [0.25, 0.3) is 11.4 Å². The minimum Gasteiger partial charge on any atom is -0.497 e. The van der Waals surface area contributed by atoms with Gasteiger partial charge in [-0.3, -0.25) is 0 Å². The van der Waals surface area contributed by atoms with Crippen LogP contribution in [0.5, 0.6) is 11.5 Å². The Morgan fingerprint density at radius 1 is 1.00 bits per heavy atom. The van der Waals surface area contributed by atoms with E-state index in [1.807, 2.05) is 61.5 Å². The molecule has 0 aliphatic carbocycles. The van der Waals surface area contributed by atoms with E-state index in [1.54, 1.807) is 7.11 Å². The Labute approximate surface area is 134 Å². The number of benzene rings is 2. The first kappa shape index (κ1) is 15.1. The Kier molecular flexibility index (Phi) is 4.57. The third kappa shape index (κ3) is 3.51. The fraction of sp³-hybridized carbons (Fsp3) is 0.222. The van der Waals surface area contributed by atoms with Gasteiger partial charge in [0, 0.05) is 5.56 Å². The molecule has 23 heavy (non-hydrogen) atoms. The molecule has 0 amide bonds. The predicted octanol–water partition coefficient (Wildman–Crippen LogP) is 4.28. The molecule has 1 atom stereocenters. The van der Waals surface area contributed by atoms with Crippen LogP contribution in [-0.2, 0) is 0 Å². The fourth-order valence-electron chi connectivity index (χ4n) is 2.20. The topological polar surface area (TPSA) is 57.4 Å². The lowest BCUT2D eigenvalue weighted by Gasteiger charge is -2.13. The van der Waals surface area contributed by atoms with Crippen LogP contribution < -0.4 is 9.47 Å². The standard InChI is InChI=1S/C18H18N2O3/c1-3-16(22-15-7-5-4-6-8-15)18-19-17(20-23-18)13-9-11-14(21-2)12-10-13/h4-12,16H,3H2,1-2H3/t16-/m1/s1. The number of methoxy groups -OCH3 is 1. The lowest BCUT2D eigenvalue weighted by molar-refractivity contribution is 0.154. The van der Waals surface area contributed by atoms with Crippen molar-refractivity contribution < 1.29 is 14.0 Å². The molecular weight excluding hydrogens is 292 g/mol. The van der Waals surface area contributed by atoms with E-state index in [4.69, 9.17) is 14.0 Å². The molecule has 0 saturated heterocycles. The number of rotatable bonds is 6. The molecular formula is C18H18N2O3. The van der Waals surface area contributed by atoms with Crippen LogP contribution in [0.3, 0.4) is 0 Å². The molecule has 5 heteroatoms. The molecule has 0 aliphatic heterocycles. The van der Waals surface area contributed by atoms with E-state index in [-0.39, 0.29) is 6.10 Å². The van der Waals surface area contributed by atoms with Crippen molar-refractivity contribution in [3.8, 4) is 22.9 Å². The van der Waals surface area contributed by atoms with E-state index in [0.29, 0.717) is 11.7 Å². The van der Waals surface area contributed by atoms with Crippen molar-refractivity contribution in [2.24, 2.45) is 0 Å². The lowest BCUT2D eigenvalue weighted by Crippen LogP contribution is -2.06. The molecule has 0 fully saturated rings. The van der Waals surface area contributed by atoms with E-state index in [9.17, 15) is 0 Å². The number of para-hydroxylation sites is 1. The van der Waals surface area contributed by atoms with Crippen LogP contribution in [0, 0.1) is 0 Å². The van der Waals surface area contributed by atoms with Crippen molar-refractivity contribution in [1.82, 2.24) is 10.1 Å². The number of hydrogen-bond acceptors (Lipinski definition) is 5. The highest BCUT2D eigenvalue weighted by molar-refractivity contribution is 5.55. The molecule has 0 unspecified atom stereocenters. The summed E-state index contributed by atoms with van der Waals surface area (Å²) < 4.78 is 16.5. The molecule has 0 bridgehead atoms. The summed E-state index contributed by atoms with van der Waals surface area (Å²) >= 11 is 0. The van der Waals surface area contributed by atoms with Crippen LogP contribution in [0.15, 0.2) is 59.1 Å². The van der Waals surface area contributed by atoms with Crippen molar-refractivity contribution in [3.05, 3.63) is 60.5 Å². The molecule has 0 N–H and O–H groups in total. The van der Waals surface area contributed by atoms with Crippen LogP contribution in [0.4, 0.5) is 0 Å². The maximum absolute atomic E-state index is 5.92. The van der Waals surface area contributed by atoms with Crippen LogP contribution in [-0.4, -0.2) is 17.3 Å². The third-order valence-corrected chi connectivity index (χ3v) is 3.46. The van der Waals surface area contributed by atoms with Crippen LogP contribution in [0.2, 0.25) is 0 Å². The first-order chi connectivity index (χ1) is 11.3. The summed E-state index contributed by atoms with van der Waals surface area (Å²) in [4.78, 5) is 4.46. The van der Waals surface area contributed by atoms with Gasteiger partial charge >= 0.3 is 0 Å². The molecule has 5 nitrogen and oxygen atoms in total. The Morgan fingerprint density at radius 3 is 2.39 bits per heavy atom. The van der Waals surface area contributed by atoms with Crippen molar-refractivity contribution in [2.75, 3.05) is 7.11 Å². The second-order valence-electron chi connectivity index (χ2n) is 5.01. The van der Waals surface area contributed by atoms with Crippen molar-refractivity contribution in [3.63, 3.8) is 0 Å². The summed E-state index contributed by atoms with van der Waals surface area (Å²) in [5.74, 6) is 2.58. The van der Waals surface area contributed by atoms with Crippen molar-refractivity contribution in [1.29, 1.82) is 0 Å². The maximum Gasteiger partial charge on any atom is 0.268 e. The van der Waals surface area contributed by atoms with Gasteiger partial charge in [-0.25, -0.2) is 0 Å². The number of aromatic nitrogens is 2. The quantitative estimate of drug-likeness (QED) is 0.680. The Hall–Kier alpha value is -2.82. The monoisotopic (exact) mass is 310 g/mol. The highest BCUT2D eigenvalue weighted by Gasteiger charge is 2.19. The first-order valence-electron chi connectivity index (χ1n) is 7.50. The molecule has 3 aromatic rings. The SMILES string of the molecule is CC[C@@H](Oc1ccccc1)c1nc(-c2ccc(OC)cc2)no1. The fourth-order valence-corrected chi connectivity index (χ4v) is 2.20. The Morgan fingerprint density at radius 2 is 1.74 bits per heavy atom. The van der Waals surface area contributed by atoms with Gasteiger partial charge in [0.25, 0.3) is 5.89 Å². The van der Waals surface area contributed by atoms with E-state index in [1.165, 1.54) is 0 Å². The van der Waals surface area contributed by atoms with Gasteiger partial charge in [-0.1, -0.05) is 30.3 Å². The summed E-state index contributed by atoms with van der Waals surface area (Å²) in [6.07, 6.45) is 0.468. The summed E-state index contributed by atoms with van der Waals surface area (Å²) in [6, 6.07) is 17.1. The second-order valence-corrected chi connectivity index (χ2v) is 5.01. The highest BCUT2D eigenvalue weighted by Crippen LogP contribution is 2.26. The molecule has 0 spiro atoms. The third-order valence-electron chi connectivity index (χ3n) is 3.46. The molecule has 118 valence electrons. The average Bonchev–Trinajstić information content (AvgIpc) is 3.10. The first-order valence-corrected chi connectivity index (χ1v) is 7.50. The molecule has 0 radical (unpaired) electrons. The van der Waals surface area contributed by atoms with Gasteiger partial charge < -0.3 is 14.0 Å². The van der Waals surface area contributed by atoms with Gasteiger partial charge in [0.05, 0.1) is 7.11 Å². The zero-order chi connectivity index (χ0) is 16.1.